The molecule has 0 bridgehead atoms. The van der Waals surface area contributed by atoms with Gasteiger partial charge in [0.2, 0.25) is 0 Å². The van der Waals surface area contributed by atoms with Gasteiger partial charge in [-0.25, -0.2) is 0 Å². The molecule has 0 spiro atoms. The number of carbonyl (C=O) groups is 2. The summed E-state index contributed by atoms with van der Waals surface area (Å²) in [7, 11) is 0. The number of carboxylic acids is 1. The van der Waals surface area contributed by atoms with Gasteiger partial charge in [0.05, 0.1) is 6.04 Å². The number of carbonyl (C=O) groups excluding carboxylic acids is 1. The summed E-state index contributed by atoms with van der Waals surface area (Å²) in [4.78, 5) is 23.9. The first kappa shape index (κ1) is 17.6. The minimum Gasteiger partial charge on any atom is -0.480 e. The molecule has 4 nitrogen and oxygen atoms in total. The van der Waals surface area contributed by atoms with Crippen molar-refractivity contribution in [2.24, 2.45) is 0 Å². The second kappa shape index (κ2) is 7.81. The van der Waals surface area contributed by atoms with Crippen LogP contribution in [0.1, 0.15) is 36.3 Å². The van der Waals surface area contributed by atoms with E-state index in [-0.39, 0.29) is 18.1 Å². The van der Waals surface area contributed by atoms with Crippen molar-refractivity contribution in [3.05, 3.63) is 70.7 Å². The van der Waals surface area contributed by atoms with Gasteiger partial charge in [-0.15, -0.1) is 0 Å². The first-order chi connectivity index (χ1) is 12.1. The number of hydrogen-bond acceptors (Lipinski definition) is 3. The lowest BCUT2D eigenvalue weighted by Gasteiger charge is -2.21. The van der Waals surface area contributed by atoms with Crippen LogP contribution in [-0.4, -0.2) is 28.9 Å². The third kappa shape index (κ3) is 4.09. The van der Waals surface area contributed by atoms with Gasteiger partial charge >= 0.3 is 5.97 Å². The maximum atomic E-state index is 12.8. The Balaban J connectivity index is 1.83. The van der Waals surface area contributed by atoms with Crippen LogP contribution in [0, 0.1) is 0 Å². The molecule has 0 amide bonds. The molecule has 1 fully saturated rings. The fourth-order valence-electron chi connectivity index (χ4n) is 3.39. The third-order valence-electron chi connectivity index (χ3n) is 4.72. The van der Waals surface area contributed by atoms with Crippen LogP contribution >= 0.6 is 11.6 Å². The van der Waals surface area contributed by atoms with Gasteiger partial charge in [0, 0.05) is 17.4 Å². The SMILES string of the molecule is O=C(O)[C@@H]1CC[C@H](C(=O)CC(c2ccccc2)c2ccccc2Cl)N1. The van der Waals surface area contributed by atoms with Crippen molar-refractivity contribution >= 4 is 23.4 Å². The average Bonchev–Trinajstić information content (AvgIpc) is 3.12. The molecule has 5 heteroatoms. The Kier molecular flexibility index (Phi) is 5.51. The van der Waals surface area contributed by atoms with Crippen molar-refractivity contribution in [3.8, 4) is 0 Å². The minimum atomic E-state index is -0.902. The number of aliphatic carboxylic acids is 1. The van der Waals surface area contributed by atoms with Crippen LogP contribution in [0.15, 0.2) is 54.6 Å². The van der Waals surface area contributed by atoms with Crippen molar-refractivity contribution in [2.75, 3.05) is 0 Å². The number of Topliss-reactive ketones (excluding diaryl/α,β-unsaturated/α-hetero) is 1. The number of ketones is 1. The van der Waals surface area contributed by atoms with Crippen LogP contribution < -0.4 is 5.32 Å². The molecule has 1 aliphatic heterocycles. The van der Waals surface area contributed by atoms with Crippen LogP contribution in [0.3, 0.4) is 0 Å². The van der Waals surface area contributed by atoms with E-state index in [0.29, 0.717) is 17.9 Å². The third-order valence-corrected chi connectivity index (χ3v) is 5.07. The van der Waals surface area contributed by atoms with Gasteiger partial charge in [-0.2, -0.15) is 0 Å². The lowest BCUT2D eigenvalue weighted by molar-refractivity contribution is -0.139. The zero-order valence-corrected chi connectivity index (χ0v) is 14.4. The Morgan fingerprint density at radius 2 is 1.68 bits per heavy atom. The summed E-state index contributed by atoms with van der Waals surface area (Å²) in [5.41, 5.74) is 1.94. The van der Waals surface area contributed by atoms with Crippen molar-refractivity contribution < 1.29 is 14.7 Å². The fraction of sp³-hybridized carbons (Fsp3) is 0.300. The monoisotopic (exact) mass is 357 g/mol. The Labute approximate surface area is 151 Å². The molecule has 3 rings (SSSR count). The summed E-state index contributed by atoms with van der Waals surface area (Å²) >= 11 is 6.37. The van der Waals surface area contributed by atoms with E-state index in [1.54, 1.807) is 0 Å². The smallest absolute Gasteiger partial charge is 0.320 e. The van der Waals surface area contributed by atoms with E-state index in [2.05, 4.69) is 5.32 Å². The predicted octanol–water partition coefficient (Wildman–Crippen LogP) is 3.64. The summed E-state index contributed by atoms with van der Waals surface area (Å²) < 4.78 is 0. The highest BCUT2D eigenvalue weighted by atomic mass is 35.5. The lowest BCUT2D eigenvalue weighted by Crippen LogP contribution is -2.39. The van der Waals surface area contributed by atoms with Gasteiger partial charge in [0.15, 0.2) is 5.78 Å². The van der Waals surface area contributed by atoms with Crippen molar-refractivity contribution in [1.82, 2.24) is 5.32 Å². The van der Waals surface area contributed by atoms with E-state index in [1.807, 2.05) is 54.6 Å². The zero-order chi connectivity index (χ0) is 17.8. The lowest BCUT2D eigenvalue weighted by atomic mass is 9.85. The highest BCUT2D eigenvalue weighted by Crippen LogP contribution is 2.34. The molecule has 130 valence electrons. The summed E-state index contributed by atoms with van der Waals surface area (Å²) in [6.07, 6.45) is 1.32. The summed E-state index contributed by atoms with van der Waals surface area (Å²) in [6, 6.07) is 16.3. The van der Waals surface area contributed by atoms with Gasteiger partial charge in [-0.3, -0.25) is 14.9 Å². The van der Waals surface area contributed by atoms with Crippen LogP contribution in [0.4, 0.5) is 0 Å². The predicted molar refractivity (Wildman–Crippen MR) is 96.9 cm³/mol. The largest absolute Gasteiger partial charge is 0.480 e. The van der Waals surface area contributed by atoms with E-state index < -0.39 is 18.1 Å². The summed E-state index contributed by atoms with van der Waals surface area (Å²) in [5.74, 6) is -1.02. The Morgan fingerprint density at radius 3 is 2.32 bits per heavy atom. The Hall–Kier alpha value is -2.17. The normalized spacial score (nSPS) is 21.0. The first-order valence-electron chi connectivity index (χ1n) is 8.37. The second-order valence-electron chi connectivity index (χ2n) is 6.34. The van der Waals surface area contributed by atoms with Gasteiger partial charge in [0.1, 0.15) is 6.04 Å². The summed E-state index contributed by atoms with van der Waals surface area (Å²) in [5, 5.41) is 12.7. The number of carboxylic acid groups (broad SMARTS) is 1. The van der Waals surface area contributed by atoms with E-state index >= 15 is 0 Å². The topological polar surface area (TPSA) is 66.4 Å². The molecule has 0 saturated carbocycles. The molecule has 2 aromatic rings. The summed E-state index contributed by atoms with van der Waals surface area (Å²) in [6.45, 7) is 0. The highest BCUT2D eigenvalue weighted by molar-refractivity contribution is 6.31. The van der Waals surface area contributed by atoms with Gasteiger partial charge < -0.3 is 5.11 Å². The fourth-order valence-corrected chi connectivity index (χ4v) is 3.65. The van der Waals surface area contributed by atoms with E-state index in [9.17, 15) is 9.59 Å². The number of benzene rings is 2. The average molecular weight is 358 g/mol. The zero-order valence-electron chi connectivity index (χ0n) is 13.7. The molecule has 25 heavy (non-hydrogen) atoms. The molecule has 0 radical (unpaired) electrons. The van der Waals surface area contributed by atoms with Crippen LogP contribution in [0.5, 0.6) is 0 Å². The molecule has 0 aliphatic carbocycles. The molecule has 1 saturated heterocycles. The maximum Gasteiger partial charge on any atom is 0.320 e. The molecule has 3 atom stereocenters. The molecule has 0 aromatic heterocycles. The van der Waals surface area contributed by atoms with Crippen molar-refractivity contribution in [1.29, 1.82) is 0 Å². The number of halogens is 1. The number of nitrogens with one attached hydrogen (secondary N) is 1. The van der Waals surface area contributed by atoms with E-state index in [4.69, 9.17) is 16.7 Å². The van der Waals surface area contributed by atoms with Gasteiger partial charge in [-0.05, 0) is 30.0 Å². The number of rotatable bonds is 6. The quantitative estimate of drug-likeness (QED) is 0.828. The van der Waals surface area contributed by atoms with Crippen LogP contribution in [-0.2, 0) is 9.59 Å². The van der Waals surface area contributed by atoms with Gasteiger partial charge in [-0.1, -0.05) is 60.1 Å². The molecule has 2 aromatic carbocycles. The van der Waals surface area contributed by atoms with E-state index in [0.717, 1.165) is 11.1 Å². The van der Waals surface area contributed by atoms with Crippen LogP contribution in [0.25, 0.3) is 0 Å². The minimum absolute atomic E-state index is 0.0255. The number of hydrogen-bond donors (Lipinski definition) is 2. The molecular weight excluding hydrogens is 338 g/mol. The Morgan fingerprint density at radius 1 is 1.04 bits per heavy atom. The van der Waals surface area contributed by atoms with Gasteiger partial charge in [0.25, 0.3) is 0 Å². The van der Waals surface area contributed by atoms with E-state index in [1.165, 1.54) is 0 Å². The van der Waals surface area contributed by atoms with Crippen molar-refractivity contribution in [2.45, 2.75) is 37.3 Å². The molecule has 1 heterocycles. The molecule has 2 N–H and O–H groups in total. The first-order valence-corrected chi connectivity index (χ1v) is 8.75. The molecule has 1 aliphatic rings. The van der Waals surface area contributed by atoms with Crippen molar-refractivity contribution in [3.63, 3.8) is 0 Å². The highest BCUT2D eigenvalue weighted by Gasteiger charge is 2.34. The standard InChI is InChI=1S/C20H20ClNO3/c21-16-9-5-4-8-14(16)15(13-6-2-1-3-7-13)12-19(23)17-10-11-18(22-17)20(24)25/h1-9,15,17-18,22H,10-12H2,(H,24,25)/t15?,17-,18+/m1/s1. The molecule has 1 unspecified atom stereocenters. The van der Waals surface area contributed by atoms with Crippen LogP contribution in [0.2, 0.25) is 5.02 Å². The Bertz CT molecular complexity index is 763. The maximum absolute atomic E-state index is 12.8. The molecular formula is C20H20ClNO3. The second-order valence-corrected chi connectivity index (χ2v) is 6.75.